The van der Waals surface area contributed by atoms with E-state index in [4.69, 9.17) is 0 Å². The van der Waals surface area contributed by atoms with Crippen molar-refractivity contribution in [1.82, 2.24) is 0 Å². The zero-order valence-corrected chi connectivity index (χ0v) is 30.7. The Morgan fingerprint density at radius 1 is 0.674 bits per heavy atom. The summed E-state index contributed by atoms with van der Waals surface area (Å²) >= 11 is 0. The van der Waals surface area contributed by atoms with Crippen LogP contribution in [0.3, 0.4) is 0 Å². The third kappa shape index (κ3) is 6.40. The summed E-state index contributed by atoms with van der Waals surface area (Å²) in [4.78, 5) is 0. The minimum atomic E-state index is -3.07. The van der Waals surface area contributed by atoms with Crippen LogP contribution < -0.4 is 5.30 Å². The monoisotopic (exact) mass is 617 g/mol. The maximum absolute atomic E-state index is 16.0. The van der Waals surface area contributed by atoms with Crippen molar-refractivity contribution in [1.29, 1.82) is 0 Å². The van der Waals surface area contributed by atoms with Crippen molar-refractivity contribution in [2.45, 2.75) is 122 Å². The van der Waals surface area contributed by atoms with Gasteiger partial charge in [-0.3, -0.25) is 0 Å². The lowest BCUT2D eigenvalue weighted by Gasteiger charge is -2.40. The Bertz CT molecular complexity index is 1460. The van der Waals surface area contributed by atoms with Crippen molar-refractivity contribution in [3.63, 3.8) is 0 Å². The van der Waals surface area contributed by atoms with E-state index in [2.05, 4.69) is 132 Å². The maximum atomic E-state index is 16.0. The lowest BCUT2D eigenvalue weighted by Crippen LogP contribution is -2.36. The van der Waals surface area contributed by atoms with E-state index in [9.17, 15) is 4.57 Å². The largest absolute Gasteiger partial charge is 0.326 e. The minimum Gasteiger partial charge on any atom is -0.318 e. The van der Waals surface area contributed by atoms with Gasteiger partial charge in [0.05, 0.1) is 0 Å². The quantitative estimate of drug-likeness (QED) is 0.267. The van der Waals surface area contributed by atoms with Gasteiger partial charge in [-0.05, 0) is 61.5 Å². The molecule has 0 saturated carbocycles. The van der Waals surface area contributed by atoms with E-state index in [0.717, 1.165) is 17.3 Å². The molecule has 0 amide bonds. The Kier molecular flexibility index (Phi) is 8.99. The molecule has 43 heavy (non-hydrogen) atoms. The van der Waals surface area contributed by atoms with Crippen LogP contribution in [0, 0.1) is 0 Å². The molecule has 4 heteroatoms. The molecule has 1 fully saturated rings. The van der Waals surface area contributed by atoms with Gasteiger partial charge in [-0.25, -0.2) is 0 Å². The first-order valence-corrected chi connectivity index (χ1v) is 19.0. The molecule has 4 unspecified atom stereocenters. The average Bonchev–Trinajstić information content (AvgIpc) is 3.20. The summed E-state index contributed by atoms with van der Waals surface area (Å²) in [6.07, 6.45) is 1.80. The van der Waals surface area contributed by atoms with Crippen molar-refractivity contribution < 1.29 is 9.13 Å². The van der Waals surface area contributed by atoms with Crippen LogP contribution in [0.1, 0.15) is 129 Å². The molecule has 2 nitrogen and oxygen atoms in total. The van der Waals surface area contributed by atoms with Crippen LogP contribution in [0.4, 0.5) is 0 Å². The number of hydrogen-bond donors (Lipinski definition) is 0. The van der Waals surface area contributed by atoms with E-state index >= 15 is 4.57 Å². The second-order valence-electron chi connectivity index (χ2n) is 17.0. The summed E-state index contributed by atoms with van der Waals surface area (Å²) in [6, 6.07) is 24.2. The van der Waals surface area contributed by atoms with Crippen LogP contribution in [-0.2, 0) is 35.9 Å². The van der Waals surface area contributed by atoms with Gasteiger partial charge in [-0.2, -0.15) is 0 Å². The Balaban J connectivity index is 2.17. The second-order valence-corrected chi connectivity index (χ2v) is 20.9. The molecule has 4 rings (SSSR count). The molecule has 3 aromatic carbocycles. The number of rotatable bonds is 5. The van der Waals surface area contributed by atoms with Crippen LogP contribution in [0.15, 0.2) is 66.7 Å². The number of hydrogen-bond acceptors (Lipinski definition) is 2. The third-order valence-corrected chi connectivity index (χ3v) is 14.8. The highest BCUT2D eigenvalue weighted by Gasteiger charge is 2.62. The molecule has 0 spiro atoms. The summed E-state index contributed by atoms with van der Waals surface area (Å²) in [5.41, 5.74) is 7.17. The lowest BCUT2D eigenvalue weighted by molar-refractivity contribution is 0.495. The number of benzene rings is 3. The Morgan fingerprint density at radius 2 is 1.09 bits per heavy atom. The SMILES string of the molecule is CC(C)(C)c1cc(C2CCP(=O)(c3ccccc3)C2(C[PH+]=O)c2cc(C(C)(C)C)cc(C(C)(C)C)c2)cc(C(C)(C)C)c1. The van der Waals surface area contributed by atoms with E-state index in [0.29, 0.717) is 12.3 Å². The summed E-state index contributed by atoms with van der Waals surface area (Å²) < 4.78 is 29.1. The summed E-state index contributed by atoms with van der Waals surface area (Å²) in [5.74, 6) is -0.0218. The summed E-state index contributed by atoms with van der Waals surface area (Å²) in [7, 11) is -3.62. The molecule has 1 saturated heterocycles. The third-order valence-electron chi connectivity index (χ3n) is 9.72. The van der Waals surface area contributed by atoms with Gasteiger partial charge in [0.15, 0.2) is 6.16 Å². The fourth-order valence-corrected chi connectivity index (χ4v) is 12.4. The highest BCUT2D eigenvalue weighted by atomic mass is 31.2. The van der Waals surface area contributed by atoms with Gasteiger partial charge in [-0.15, -0.1) is 0 Å². The van der Waals surface area contributed by atoms with Crippen LogP contribution in [0.5, 0.6) is 0 Å². The van der Waals surface area contributed by atoms with Crippen LogP contribution >= 0.6 is 15.6 Å². The van der Waals surface area contributed by atoms with Crippen LogP contribution in [0.25, 0.3) is 0 Å². The van der Waals surface area contributed by atoms with Gasteiger partial charge in [-0.1, -0.05) is 154 Å². The predicted octanol–water partition coefficient (Wildman–Crippen LogP) is 11.0. The molecule has 1 aliphatic rings. The molecule has 232 valence electrons. The lowest BCUT2D eigenvalue weighted by atomic mass is 9.72. The highest BCUT2D eigenvalue weighted by Crippen LogP contribution is 2.75. The van der Waals surface area contributed by atoms with Gasteiger partial charge >= 0.3 is 8.46 Å². The zero-order chi connectivity index (χ0) is 32.2. The Hall–Kier alpha value is -2.01. The highest BCUT2D eigenvalue weighted by molar-refractivity contribution is 7.73. The van der Waals surface area contributed by atoms with E-state index in [-0.39, 0.29) is 27.6 Å². The topological polar surface area (TPSA) is 34.1 Å². The molecule has 1 aliphatic heterocycles. The molecule has 0 bridgehead atoms. The molecule has 3 aromatic rings. The minimum absolute atomic E-state index is 0.0218. The van der Waals surface area contributed by atoms with Gasteiger partial charge in [0.2, 0.25) is 0 Å². The van der Waals surface area contributed by atoms with Gasteiger partial charge < -0.3 is 4.57 Å². The Morgan fingerprint density at radius 3 is 1.49 bits per heavy atom. The summed E-state index contributed by atoms with van der Waals surface area (Å²) in [6.45, 7) is 27.2. The Labute approximate surface area is 264 Å². The van der Waals surface area contributed by atoms with Crippen molar-refractivity contribution in [3.05, 3.63) is 100 Å². The molecule has 0 N–H and O–H groups in total. The standard InChI is InChI=1S/C39H54O2P2/c1-35(2,3)28-20-27(21-29(22-28)36(4,5)6)34-18-19-43(41,33-16-14-13-15-17-33)39(34,26-42-40)32-24-30(37(7,8)9)23-31(25-32)38(10,11)12/h13-17,20-25,34H,18-19,26H2,1-12H3/p+1. The van der Waals surface area contributed by atoms with E-state index in [1.165, 1.54) is 27.8 Å². The normalized spacial score (nSPS) is 23.6. The molecule has 0 aromatic heterocycles. The predicted molar refractivity (Wildman–Crippen MR) is 189 cm³/mol. The zero-order valence-electron chi connectivity index (χ0n) is 28.8. The van der Waals surface area contributed by atoms with E-state index in [1.807, 2.05) is 18.2 Å². The molecular formula is C39H55O2P2+. The maximum Gasteiger partial charge on any atom is 0.326 e. The van der Waals surface area contributed by atoms with Gasteiger partial charge in [0.25, 0.3) is 0 Å². The van der Waals surface area contributed by atoms with Crippen LogP contribution in [0.2, 0.25) is 0 Å². The first-order chi connectivity index (χ1) is 19.6. The van der Waals surface area contributed by atoms with Gasteiger partial charge in [0.1, 0.15) is 12.3 Å². The second kappa shape index (κ2) is 11.4. The van der Waals surface area contributed by atoms with Crippen LogP contribution in [-0.4, -0.2) is 12.3 Å². The van der Waals surface area contributed by atoms with Crippen molar-refractivity contribution in [2.75, 3.05) is 12.3 Å². The van der Waals surface area contributed by atoms with Crippen molar-refractivity contribution >= 4 is 20.9 Å². The van der Waals surface area contributed by atoms with E-state index in [1.54, 1.807) is 0 Å². The van der Waals surface area contributed by atoms with Crippen molar-refractivity contribution in [3.8, 4) is 0 Å². The molecular weight excluding hydrogens is 562 g/mol. The smallest absolute Gasteiger partial charge is 0.318 e. The first kappa shape index (κ1) is 33.9. The van der Waals surface area contributed by atoms with E-state index < -0.39 is 20.8 Å². The van der Waals surface area contributed by atoms with Gasteiger partial charge in [0, 0.05) is 17.4 Å². The fraction of sp³-hybridized carbons (Fsp3) is 0.538. The summed E-state index contributed by atoms with van der Waals surface area (Å²) in [5, 5.41) is 0.138. The molecule has 0 aliphatic carbocycles. The molecule has 1 heterocycles. The van der Waals surface area contributed by atoms with Crippen molar-refractivity contribution in [2.24, 2.45) is 0 Å². The first-order valence-electron chi connectivity index (χ1n) is 16.0. The molecule has 4 atom stereocenters. The fourth-order valence-electron chi connectivity index (χ4n) is 6.81. The average molecular weight is 618 g/mol. The molecule has 0 radical (unpaired) electrons.